The molecule has 1 heterocycles. The fraction of sp³-hybridized carbons (Fsp3) is 0.308. The van der Waals surface area contributed by atoms with Gasteiger partial charge in [0.2, 0.25) is 0 Å². The third-order valence-corrected chi connectivity index (χ3v) is 5.87. The highest BCUT2D eigenvalue weighted by molar-refractivity contribution is 7.94. The fourth-order valence-corrected chi connectivity index (χ4v) is 4.68. The number of thiazole rings is 1. The molecule has 2 aromatic rings. The van der Waals surface area contributed by atoms with E-state index < -0.39 is 10.0 Å². The van der Waals surface area contributed by atoms with E-state index in [1.54, 1.807) is 6.92 Å². The Labute approximate surface area is 122 Å². The summed E-state index contributed by atoms with van der Waals surface area (Å²) < 4.78 is 27.7. The quantitative estimate of drug-likeness (QED) is 0.912. The Bertz CT molecular complexity index is 741. The lowest BCUT2D eigenvalue weighted by atomic mass is 10.1. The van der Waals surface area contributed by atoms with Crippen LogP contribution in [0.15, 0.2) is 16.3 Å². The van der Waals surface area contributed by atoms with Crippen molar-refractivity contribution in [3.8, 4) is 0 Å². The lowest BCUT2D eigenvalue weighted by Gasteiger charge is -2.13. The molecular weight excluding hydrogens is 294 g/mol. The number of nitrogen functional groups attached to an aromatic ring is 1. The van der Waals surface area contributed by atoms with Crippen LogP contribution < -0.4 is 10.5 Å². The SMILES string of the molecule is Cc1cc(C)c(NS(=O)(=O)c2sc(N)nc2C)c(C)c1. The highest BCUT2D eigenvalue weighted by Gasteiger charge is 2.22. The van der Waals surface area contributed by atoms with Gasteiger partial charge in [0, 0.05) is 0 Å². The Morgan fingerprint density at radius 1 is 1.15 bits per heavy atom. The van der Waals surface area contributed by atoms with Crippen LogP contribution in [0.2, 0.25) is 0 Å². The van der Waals surface area contributed by atoms with Gasteiger partial charge in [0.1, 0.15) is 0 Å². The number of anilines is 2. The van der Waals surface area contributed by atoms with Crippen LogP contribution in [-0.4, -0.2) is 13.4 Å². The average Bonchev–Trinajstić information content (AvgIpc) is 2.64. The van der Waals surface area contributed by atoms with Crippen molar-refractivity contribution in [2.75, 3.05) is 10.5 Å². The smallest absolute Gasteiger partial charge is 0.273 e. The van der Waals surface area contributed by atoms with E-state index in [1.807, 2.05) is 32.9 Å². The Kier molecular flexibility index (Phi) is 3.75. The standard InChI is InChI=1S/C13H17N3O2S2/c1-7-5-8(2)11(9(3)6-7)16-20(17,18)12-10(4)15-13(14)19-12/h5-6,16H,1-4H3,(H2,14,15). The maximum Gasteiger partial charge on any atom is 0.273 e. The van der Waals surface area contributed by atoms with Crippen molar-refractivity contribution in [2.24, 2.45) is 0 Å². The number of nitrogens with one attached hydrogen (secondary N) is 1. The Morgan fingerprint density at radius 3 is 2.15 bits per heavy atom. The van der Waals surface area contributed by atoms with E-state index in [2.05, 4.69) is 9.71 Å². The molecular formula is C13H17N3O2S2. The molecule has 20 heavy (non-hydrogen) atoms. The minimum absolute atomic E-state index is 0.161. The van der Waals surface area contributed by atoms with Gasteiger partial charge in [0.25, 0.3) is 10.0 Å². The lowest BCUT2D eigenvalue weighted by molar-refractivity contribution is 0.602. The van der Waals surface area contributed by atoms with Gasteiger partial charge in [-0.05, 0) is 38.8 Å². The third-order valence-electron chi connectivity index (χ3n) is 2.93. The molecule has 0 saturated carbocycles. The summed E-state index contributed by atoms with van der Waals surface area (Å²) in [6.45, 7) is 7.38. The number of hydrogen-bond acceptors (Lipinski definition) is 5. The second-order valence-corrected chi connectivity index (χ2v) is 7.71. The number of sulfonamides is 1. The van der Waals surface area contributed by atoms with Crippen LogP contribution in [0.5, 0.6) is 0 Å². The first kappa shape index (κ1) is 14.8. The third kappa shape index (κ3) is 2.78. The van der Waals surface area contributed by atoms with Crippen molar-refractivity contribution in [2.45, 2.75) is 31.9 Å². The molecule has 0 aliphatic rings. The van der Waals surface area contributed by atoms with Gasteiger partial charge >= 0.3 is 0 Å². The summed E-state index contributed by atoms with van der Waals surface area (Å²) in [5.74, 6) is 0. The van der Waals surface area contributed by atoms with Crippen molar-refractivity contribution in [3.05, 3.63) is 34.5 Å². The molecule has 5 nitrogen and oxygen atoms in total. The van der Waals surface area contributed by atoms with Gasteiger partial charge in [-0.1, -0.05) is 29.0 Å². The van der Waals surface area contributed by atoms with Crippen LogP contribution in [0.25, 0.3) is 0 Å². The van der Waals surface area contributed by atoms with E-state index in [9.17, 15) is 8.42 Å². The predicted octanol–water partition coefficient (Wildman–Crippen LogP) is 2.76. The highest BCUT2D eigenvalue weighted by atomic mass is 32.2. The first-order valence-corrected chi connectivity index (χ1v) is 8.34. The number of rotatable bonds is 3. The van der Waals surface area contributed by atoms with Crippen molar-refractivity contribution in [1.82, 2.24) is 4.98 Å². The van der Waals surface area contributed by atoms with Crippen molar-refractivity contribution in [1.29, 1.82) is 0 Å². The molecule has 3 N–H and O–H groups in total. The molecule has 7 heteroatoms. The monoisotopic (exact) mass is 311 g/mol. The molecule has 0 amide bonds. The first-order chi connectivity index (χ1) is 9.20. The zero-order chi connectivity index (χ0) is 15.1. The molecule has 0 radical (unpaired) electrons. The number of nitrogens with zero attached hydrogens (tertiary/aromatic N) is 1. The second-order valence-electron chi connectivity index (χ2n) is 4.80. The fourth-order valence-electron chi connectivity index (χ4n) is 2.17. The van der Waals surface area contributed by atoms with Crippen LogP contribution in [0.4, 0.5) is 10.8 Å². The van der Waals surface area contributed by atoms with Gasteiger partial charge < -0.3 is 5.73 Å². The second kappa shape index (κ2) is 5.06. The van der Waals surface area contributed by atoms with Gasteiger partial charge in [0.05, 0.1) is 11.4 Å². The van der Waals surface area contributed by atoms with E-state index in [0.717, 1.165) is 28.0 Å². The first-order valence-electron chi connectivity index (χ1n) is 6.04. The molecule has 0 aliphatic heterocycles. The van der Waals surface area contributed by atoms with Crippen molar-refractivity contribution < 1.29 is 8.42 Å². The van der Waals surface area contributed by atoms with E-state index in [-0.39, 0.29) is 9.34 Å². The van der Waals surface area contributed by atoms with E-state index in [4.69, 9.17) is 5.73 Å². The van der Waals surface area contributed by atoms with Crippen LogP contribution >= 0.6 is 11.3 Å². The molecule has 1 aromatic heterocycles. The van der Waals surface area contributed by atoms with Crippen molar-refractivity contribution >= 4 is 32.2 Å². The Morgan fingerprint density at radius 2 is 1.70 bits per heavy atom. The molecule has 0 aliphatic carbocycles. The highest BCUT2D eigenvalue weighted by Crippen LogP contribution is 2.29. The Balaban J connectivity index is 2.46. The van der Waals surface area contributed by atoms with Crippen molar-refractivity contribution in [3.63, 3.8) is 0 Å². The molecule has 0 unspecified atom stereocenters. The minimum atomic E-state index is -3.66. The number of aromatic nitrogens is 1. The van der Waals surface area contributed by atoms with Gasteiger partial charge in [0.15, 0.2) is 9.34 Å². The van der Waals surface area contributed by atoms with E-state index in [1.165, 1.54) is 0 Å². The average molecular weight is 311 g/mol. The molecule has 0 fully saturated rings. The molecule has 1 aromatic carbocycles. The molecule has 0 atom stereocenters. The van der Waals surface area contributed by atoms with E-state index >= 15 is 0 Å². The predicted molar refractivity (Wildman–Crippen MR) is 82.7 cm³/mol. The Hall–Kier alpha value is -1.60. The van der Waals surface area contributed by atoms with Gasteiger partial charge in [-0.2, -0.15) is 0 Å². The summed E-state index contributed by atoms with van der Waals surface area (Å²) >= 11 is 0.972. The van der Waals surface area contributed by atoms with Gasteiger partial charge in [-0.25, -0.2) is 13.4 Å². The minimum Gasteiger partial charge on any atom is -0.375 e. The number of nitrogens with two attached hydrogens (primary N) is 1. The van der Waals surface area contributed by atoms with E-state index in [0.29, 0.717) is 11.4 Å². The summed E-state index contributed by atoms with van der Waals surface area (Å²) in [7, 11) is -3.66. The van der Waals surface area contributed by atoms with Crippen LogP contribution in [0.3, 0.4) is 0 Å². The lowest BCUT2D eigenvalue weighted by Crippen LogP contribution is -2.14. The number of benzene rings is 1. The summed E-state index contributed by atoms with van der Waals surface area (Å²) in [5, 5.41) is 0.250. The summed E-state index contributed by atoms with van der Waals surface area (Å²) in [5.41, 5.74) is 9.47. The van der Waals surface area contributed by atoms with Gasteiger partial charge in [-0.3, -0.25) is 4.72 Å². The van der Waals surface area contributed by atoms with Crippen LogP contribution in [0.1, 0.15) is 22.4 Å². The number of hydrogen-bond donors (Lipinski definition) is 2. The normalized spacial score (nSPS) is 11.6. The topological polar surface area (TPSA) is 85.1 Å². The molecule has 108 valence electrons. The molecule has 0 bridgehead atoms. The zero-order valence-electron chi connectivity index (χ0n) is 11.8. The summed E-state index contributed by atoms with van der Waals surface area (Å²) in [6, 6.07) is 3.89. The largest absolute Gasteiger partial charge is 0.375 e. The molecule has 0 spiro atoms. The molecule has 2 rings (SSSR count). The zero-order valence-corrected chi connectivity index (χ0v) is 13.4. The maximum absolute atomic E-state index is 12.4. The summed E-state index contributed by atoms with van der Waals surface area (Å²) in [6.07, 6.45) is 0. The van der Waals surface area contributed by atoms with Crippen LogP contribution in [-0.2, 0) is 10.0 Å². The van der Waals surface area contributed by atoms with Crippen LogP contribution in [0, 0.1) is 27.7 Å². The van der Waals surface area contributed by atoms with Gasteiger partial charge in [-0.15, -0.1) is 0 Å². The summed E-state index contributed by atoms with van der Waals surface area (Å²) in [4.78, 5) is 3.96. The number of aryl methyl sites for hydroxylation is 4. The maximum atomic E-state index is 12.4. The molecule has 0 saturated heterocycles.